The first-order valence-electron chi connectivity index (χ1n) is 11.3. The molecule has 1 saturated carbocycles. The van der Waals surface area contributed by atoms with E-state index in [4.69, 9.17) is 0 Å². The van der Waals surface area contributed by atoms with Crippen molar-refractivity contribution in [3.8, 4) is 0 Å². The van der Waals surface area contributed by atoms with Gasteiger partial charge in [-0.2, -0.15) is 9.29 Å². The van der Waals surface area contributed by atoms with Gasteiger partial charge in [0, 0.05) is 43.0 Å². The van der Waals surface area contributed by atoms with Gasteiger partial charge in [0.2, 0.25) is 16.0 Å². The SMILES string of the molecule is CC1(C)C[C@H](n2ccc3cnc(N[C@@H]4CCN(S(=O)(=O)C5CC5)C[C@H]4F)nc32)[C@H](F)CN1. The van der Waals surface area contributed by atoms with E-state index < -0.39 is 28.4 Å². The Bertz CT molecular complexity index is 1100. The highest BCUT2D eigenvalue weighted by molar-refractivity contribution is 7.90. The highest BCUT2D eigenvalue weighted by Gasteiger charge is 2.43. The molecule has 0 radical (unpaired) electrons. The van der Waals surface area contributed by atoms with Crippen molar-refractivity contribution in [1.82, 2.24) is 24.2 Å². The van der Waals surface area contributed by atoms with E-state index >= 15 is 0 Å². The van der Waals surface area contributed by atoms with E-state index in [2.05, 4.69) is 34.4 Å². The minimum atomic E-state index is -3.38. The summed E-state index contributed by atoms with van der Waals surface area (Å²) in [6, 6.07) is 0.935. The van der Waals surface area contributed by atoms with Crippen LogP contribution in [0.15, 0.2) is 18.5 Å². The molecule has 0 unspecified atom stereocenters. The molecule has 176 valence electrons. The van der Waals surface area contributed by atoms with Crippen LogP contribution in [0, 0.1) is 0 Å². The second kappa shape index (κ2) is 7.88. The normalized spacial score (nSPS) is 31.6. The number of nitrogens with zero attached hydrogens (tertiary/aromatic N) is 4. The number of piperidine rings is 2. The summed E-state index contributed by atoms with van der Waals surface area (Å²) in [5.74, 6) is 0.271. The molecule has 11 heteroatoms. The molecule has 2 N–H and O–H groups in total. The lowest BCUT2D eigenvalue weighted by Crippen LogP contribution is -2.52. The monoisotopic (exact) mass is 468 g/mol. The van der Waals surface area contributed by atoms with Gasteiger partial charge >= 0.3 is 0 Å². The number of anilines is 1. The van der Waals surface area contributed by atoms with Crippen LogP contribution < -0.4 is 10.6 Å². The van der Waals surface area contributed by atoms with E-state index in [0.717, 1.165) is 5.39 Å². The van der Waals surface area contributed by atoms with Gasteiger partial charge in [0.05, 0.1) is 17.3 Å². The number of aromatic nitrogens is 3. The third kappa shape index (κ3) is 4.10. The molecule has 2 aliphatic heterocycles. The Balaban J connectivity index is 1.33. The minimum absolute atomic E-state index is 0.150. The zero-order valence-electron chi connectivity index (χ0n) is 18.3. The van der Waals surface area contributed by atoms with Crippen molar-refractivity contribution in [1.29, 1.82) is 0 Å². The second-order valence-electron chi connectivity index (χ2n) is 9.91. The number of halogens is 2. The number of fused-ring (bicyclic) bond motifs is 1. The summed E-state index contributed by atoms with van der Waals surface area (Å²) in [4.78, 5) is 8.89. The van der Waals surface area contributed by atoms with Crippen LogP contribution in [0.5, 0.6) is 0 Å². The lowest BCUT2D eigenvalue weighted by atomic mass is 9.88. The summed E-state index contributed by atoms with van der Waals surface area (Å²) in [5.41, 5.74) is 0.422. The topological polar surface area (TPSA) is 92.2 Å². The fourth-order valence-electron chi connectivity index (χ4n) is 4.79. The first kappa shape index (κ1) is 22.0. The molecule has 3 fully saturated rings. The summed E-state index contributed by atoms with van der Waals surface area (Å²) in [6.45, 7) is 4.51. The van der Waals surface area contributed by atoms with E-state index in [9.17, 15) is 17.2 Å². The number of nitrogens with one attached hydrogen (secondary N) is 2. The van der Waals surface area contributed by atoms with Crippen molar-refractivity contribution in [2.45, 2.75) is 74.7 Å². The zero-order valence-corrected chi connectivity index (χ0v) is 19.2. The Morgan fingerprint density at radius 3 is 2.72 bits per heavy atom. The Morgan fingerprint density at radius 2 is 2.00 bits per heavy atom. The van der Waals surface area contributed by atoms with Gasteiger partial charge in [-0.05, 0) is 45.6 Å². The van der Waals surface area contributed by atoms with Crippen LogP contribution in [-0.4, -0.2) is 76.1 Å². The van der Waals surface area contributed by atoms with Crippen LogP contribution >= 0.6 is 0 Å². The van der Waals surface area contributed by atoms with Gasteiger partial charge in [-0.3, -0.25) is 0 Å². The number of alkyl halides is 2. The van der Waals surface area contributed by atoms with Crippen molar-refractivity contribution in [2.24, 2.45) is 0 Å². The van der Waals surface area contributed by atoms with Crippen LogP contribution in [0.2, 0.25) is 0 Å². The predicted molar refractivity (Wildman–Crippen MR) is 119 cm³/mol. The van der Waals surface area contributed by atoms with E-state index in [1.54, 1.807) is 6.20 Å². The number of hydrogen-bond donors (Lipinski definition) is 2. The van der Waals surface area contributed by atoms with Crippen LogP contribution in [0.1, 0.15) is 45.6 Å². The summed E-state index contributed by atoms with van der Waals surface area (Å²) in [6.07, 6.45) is 3.37. The molecule has 2 saturated heterocycles. The largest absolute Gasteiger partial charge is 0.348 e. The third-order valence-corrected chi connectivity index (χ3v) is 9.21. The summed E-state index contributed by atoms with van der Waals surface area (Å²) >= 11 is 0. The molecule has 4 heterocycles. The van der Waals surface area contributed by atoms with Gasteiger partial charge in [-0.25, -0.2) is 22.2 Å². The van der Waals surface area contributed by atoms with Gasteiger partial charge in [0.25, 0.3) is 0 Å². The summed E-state index contributed by atoms with van der Waals surface area (Å²) in [7, 11) is -3.38. The molecule has 5 rings (SSSR count). The number of sulfonamides is 1. The highest BCUT2D eigenvalue weighted by atomic mass is 32.2. The molecule has 2 aromatic rings. The van der Waals surface area contributed by atoms with E-state index in [0.29, 0.717) is 31.3 Å². The molecule has 0 spiro atoms. The molecule has 32 heavy (non-hydrogen) atoms. The fraction of sp³-hybridized carbons (Fsp3) is 0.714. The molecule has 0 bridgehead atoms. The average Bonchev–Trinajstić information content (AvgIpc) is 3.53. The molecular weight excluding hydrogens is 438 g/mol. The lowest BCUT2D eigenvalue weighted by Gasteiger charge is -2.39. The van der Waals surface area contributed by atoms with Crippen LogP contribution in [0.4, 0.5) is 14.7 Å². The van der Waals surface area contributed by atoms with Crippen molar-refractivity contribution in [2.75, 3.05) is 25.0 Å². The summed E-state index contributed by atoms with van der Waals surface area (Å²) < 4.78 is 57.6. The second-order valence-corrected chi connectivity index (χ2v) is 12.1. The third-order valence-electron chi connectivity index (χ3n) is 6.85. The molecule has 3 aliphatic rings. The van der Waals surface area contributed by atoms with E-state index in [-0.39, 0.29) is 42.4 Å². The van der Waals surface area contributed by atoms with E-state index in [1.807, 2.05) is 16.8 Å². The smallest absolute Gasteiger partial charge is 0.224 e. The molecular formula is C21H30F2N6O2S. The van der Waals surface area contributed by atoms with Crippen LogP contribution in [0.3, 0.4) is 0 Å². The van der Waals surface area contributed by atoms with Crippen LogP contribution in [-0.2, 0) is 10.0 Å². The molecule has 0 aromatic carbocycles. The Kier molecular flexibility index (Phi) is 5.41. The van der Waals surface area contributed by atoms with E-state index in [1.165, 1.54) is 4.31 Å². The van der Waals surface area contributed by atoms with Crippen molar-refractivity contribution >= 4 is 27.0 Å². The quantitative estimate of drug-likeness (QED) is 0.700. The van der Waals surface area contributed by atoms with Gasteiger partial charge in [-0.1, -0.05) is 0 Å². The molecule has 1 aliphatic carbocycles. The summed E-state index contributed by atoms with van der Waals surface area (Å²) in [5, 5.41) is 6.73. The Hall–Kier alpha value is -1.85. The maximum atomic E-state index is 14.9. The van der Waals surface area contributed by atoms with Gasteiger partial charge < -0.3 is 15.2 Å². The van der Waals surface area contributed by atoms with Crippen molar-refractivity contribution < 1.29 is 17.2 Å². The molecule has 0 amide bonds. The number of hydrogen-bond acceptors (Lipinski definition) is 6. The van der Waals surface area contributed by atoms with Gasteiger partial charge in [-0.15, -0.1) is 0 Å². The van der Waals surface area contributed by atoms with Crippen LogP contribution in [0.25, 0.3) is 11.0 Å². The maximum absolute atomic E-state index is 14.9. The highest BCUT2D eigenvalue weighted by Crippen LogP contribution is 2.34. The maximum Gasteiger partial charge on any atom is 0.224 e. The molecule has 8 nitrogen and oxygen atoms in total. The Morgan fingerprint density at radius 1 is 1.22 bits per heavy atom. The van der Waals surface area contributed by atoms with Crippen molar-refractivity contribution in [3.05, 3.63) is 18.5 Å². The zero-order chi connectivity index (χ0) is 22.7. The first-order chi connectivity index (χ1) is 15.1. The number of rotatable bonds is 5. The fourth-order valence-corrected chi connectivity index (χ4v) is 6.66. The standard InChI is InChI=1S/C21H30F2N6O2S/c1-21(2)9-18(15(22)11-25-21)29-8-5-13-10-24-20(27-19(13)29)26-17-6-7-28(12-16(17)23)32(30,31)14-3-4-14/h5,8,10,14-18,25H,3-4,6-7,9,11-12H2,1-2H3,(H,24,26,27)/t15-,16-,17-,18+/m1/s1. The molecule has 2 aromatic heterocycles. The lowest BCUT2D eigenvalue weighted by molar-refractivity contribution is 0.125. The molecule has 4 atom stereocenters. The Labute approximate surface area is 186 Å². The van der Waals surface area contributed by atoms with Crippen molar-refractivity contribution in [3.63, 3.8) is 0 Å². The minimum Gasteiger partial charge on any atom is -0.348 e. The first-order valence-corrected chi connectivity index (χ1v) is 12.8. The van der Waals surface area contributed by atoms with Gasteiger partial charge in [0.1, 0.15) is 18.0 Å². The van der Waals surface area contributed by atoms with Gasteiger partial charge in [0.15, 0.2) is 0 Å². The predicted octanol–water partition coefficient (Wildman–Crippen LogP) is 2.40. The average molecular weight is 469 g/mol.